The Labute approximate surface area is 129 Å². The number of thiophene rings is 1. The van der Waals surface area contributed by atoms with Crippen LogP contribution >= 0.6 is 11.3 Å². The zero-order chi connectivity index (χ0) is 15.6. The fourth-order valence-electron chi connectivity index (χ4n) is 2.15. The van der Waals surface area contributed by atoms with Crippen molar-refractivity contribution in [1.29, 1.82) is 0 Å². The maximum Gasteiger partial charge on any atom is 0.244 e. The maximum atomic E-state index is 12.6. The highest BCUT2D eigenvalue weighted by Gasteiger charge is 2.24. The number of sulfonamides is 1. The number of rotatable bonds is 6. The molecule has 0 aromatic carbocycles. The monoisotopic (exact) mass is 328 g/mol. The van der Waals surface area contributed by atoms with Crippen LogP contribution in [0.2, 0.25) is 0 Å². The second-order valence-electron chi connectivity index (χ2n) is 5.22. The van der Waals surface area contributed by atoms with E-state index in [1.807, 2.05) is 30.7 Å². The molecule has 2 aromatic rings. The standard InChI is InChI=1S/C14H20N2O3S2/c1-11(2)16-8-14(6-13(16)9-17)21(18,19)15(3)7-12-4-5-20-10-12/h4-6,8,10-11,17H,7,9H2,1-3H3. The molecule has 0 saturated heterocycles. The number of hydrogen-bond donors (Lipinski definition) is 1. The van der Waals surface area contributed by atoms with E-state index in [1.165, 1.54) is 4.31 Å². The zero-order valence-corrected chi connectivity index (χ0v) is 14.0. The first-order chi connectivity index (χ1) is 9.86. The molecule has 0 fully saturated rings. The van der Waals surface area contributed by atoms with Gasteiger partial charge in [0.15, 0.2) is 0 Å². The van der Waals surface area contributed by atoms with Crippen LogP contribution in [-0.2, 0) is 23.2 Å². The highest BCUT2D eigenvalue weighted by molar-refractivity contribution is 7.89. The molecule has 0 unspecified atom stereocenters. The number of nitrogens with zero attached hydrogens (tertiary/aromatic N) is 2. The molecular formula is C14H20N2O3S2. The van der Waals surface area contributed by atoms with Crippen molar-refractivity contribution < 1.29 is 13.5 Å². The Bertz CT molecular complexity index is 688. The number of aromatic nitrogens is 1. The van der Waals surface area contributed by atoms with Crippen LogP contribution in [0.15, 0.2) is 34.0 Å². The Morgan fingerprint density at radius 2 is 2.14 bits per heavy atom. The molecule has 0 amide bonds. The molecule has 5 nitrogen and oxygen atoms in total. The van der Waals surface area contributed by atoms with Crippen LogP contribution in [0.25, 0.3) is 0 Å². The van der Waals surface area contributed by atoms with E-state index in [-0.39, 0.29) is 17.5 Å². The van der Waals surface area contributed by atoms with Gasteiger partial charge in [-0.3, -0.25) is 0 Å². The molecule has 0 radical (unpaired) electrons. The van der Waals surface area contributed by atoms with Gasteiger partial charge in [0.1, 0.15) is 4.90 Å². The highest BCUT2D eigenvalue weighted by Crippen LogP contribution is 2.23. The predicted molar refractivity (Wildman–Crippen MR) is 83.7 cm³/mol. The molecule has 0 bridgehead atoms. The lowest BCUT2D eigenvalue weighted by molar-refractivity contribution is 0.268. The van der Waals surface area contributed by atoms with E-state index in [9.17, 15) is 13.5 Å². The lowest BCUT2D eigenvalue weighted by Crippen LogP contribution is -2.26. The van der Waals surface area contributed by atoms with Gasteiger partial charge in [0.2, 0.25) is 10.0 Å². The molecule has 7 heteroatoms. The minimum absolute atomic E-state index is 0.0956. The van der Waals surface area contributed by atoms with Crippen molar-refractivity contribution in [2.75, 3.05) is 7.05 Å². The van der Waals surface area contributed by atoms with Crippen molar-refractivity contribution in [3.8, 4) is 0 Å². The molecular weight excluding hydrogens is 308 g/mol. The third kappa shape index (κ3) is 3.37. The van der Waals surface area contributed by atoms with Gasteiger partial charge in [-0.2, -0.15) is 15.6 Å². The molecule has 2 heterocycles. The second-order valence-corrected chi connectivity index (χ2v) is 8.04. The van der Waals surface area contributed by atoms with Crippen LogP contribution in [0.5, 0.6) is 0 Å². The van der Waals surface area contributed by atoms with E-state index >= 15 is 0 Å². The molecule has 2 aromatic heterocycles. The average molecular weight is 328 g/mol. The van der Waals surface area contributed by atoms with E-state index in [0.717, 1.165) is 5.56 Å². The average Bonchev–Trinajstić information content (AvgIpc) is 3.06. The number of aliphatic hydroxyl groups excluding tert-OH is 1. The van der Waals surface area contributed by atoms with Gasteiger partial charge in [-0.05, 0) is 42.3 Å². The smallest absolute Gasteiger partial charge is 0.244 e. The molecule has 0 aliphatic heterocycles. The Morgan fingerprint density at radius 1 is 1.43 bits per heavy atom. The third-order valence-electron chi connectivity index (χ3n) is 3.32. The summed E-state index contributed by atoms with van der Waals surface area (Å²) in [5.74, 6) is 0. The largest absolute Gasteiger partial charge is 0.390 e. The van der Waals surface area contributed by atoms with Crippen molar-refractivity contribution in [2.45, 2.75) is 37.9 Å². The lowest BCUT2D eigenvalue weighted by Gasteiger charge is -2.15. The topological polar surface area (TPSA) is 62.5 Å². The van der Waals surface area contributed by atoms with Crippen LogP contribution in [0.3, 0.4) is 0 Å². The van der Waals surface area contributed by atoms with Crippen molar-refractivity contribution >= 4 is 21.4 Å². The van der Waals surface area contributed by atoms with E-state index in [1.54, 1.807) is 35.2 Å². The van der Waals surface area contributed by atoms with Gasteiger partial charge in [0, 0.05) is 31.5 Å². The summed E-state index contributed by atoms with van der Waals surface area (Å²) in [5, 5.41) is 13.2. The molecule has 0 saturated carbocycles. The molecule has 0 aliphatic carbocycles. The van der Waals surface area contributed by atoms with Crippen LogP contribution < -0.4 is 0 Å². The first-order valence-electron chi connectivity index (χ1n) is 6.65. The molecule has 21 heavy (non-hydrogen) atoms. The van der Waals surface area contributed by atoms with E-state index in [0.29, 0.717) is 12.2 Å². The van der Waals surface area contributed by atoms with Crippen LogP contribution in [0, 0.1) is 0 Å². The van der Waals surface area contributed by atoms with E-state index < -0.39 is 10.0 Å². The Kier molecular flexibility index (Phi) is 4.88. The highest BCUT2D eigenvalue weighted by atomic mass is 32.2. The summed E-state index contributed by atoms with van der Waals surface area (Å²) < 4.78 is 28.3. The first kappa shape index (κ1) is 16.2. The summed E-state index contributed by atoms with van der Waals surface area (Å²) in [4.78, 5) is 0.220. The minimum Gasteiger partial charge on any atom is -0.390 e. The Hall–Kier alpha value is -1.15. The zero-order valence-electron chi connectivity index (χ0n) is 12.4. The van der Waals surface area contributed by atoms with Crippen LogP contribution in [0.1, 0.15) is 31.1 Å². The van der Waals surface area contributed by atoms with Gasteiger partial charge in [-0.25, -0.2) is 8.42 Å². The van der Waals surface area contributed by atoms with Crippen LogP contribution in [0.4, 0.5) is 0 Å². The summed E-state index contributed by atoms with van der Waals surface area (Å²) in [6, 6.07) is 3.55. The van der Waals surface area contributed by atoms with E-state index in [2.05, 4.69) is 0 Å². The molecule has 0 atom stereocenters. The van der Waals surface area contributed by atoms with Crippen LogP contribution in [-0.4, -0.2) is 29.4 Å². The lowest BCUT2D eigenvalue weighted by atomic mass is 10.3. The quantitative estimate of drug-likeness (QED) is 0.886. The van der Waals surface area contributed by atoms with E-state index in [4.69, 9.17) is 0 Å². The molecule has 0 aliphatic rings. The summed E-state index contributed by atoms with van der Waals surface area (Å²) in [6.07, 6.45) is 1.59. The van der Waals surface area contributed by atoms with Gasteiger partial charge in [-0.15, -0.1) is 0 Å². The van der Waals surface area contributed by atoms with Crippen molar-refractivity contribution in [3.05, 3.63) is 40.3 Å². The van der Waals surface area contributed by atoms with Gasteiger partial charge in [0.05, 0.1) is 6.61 Å². The SMILES string of the molecule is CC(C)n1cc(S(=O)(=O)N(C)Cc2ccsc2)cc1CO. The fourth-order valence-corrected chi connectivity index (χ4v) is 4.02. The molecule has 0 spiro atoms. The summed E-state index contributed by atoms with van der Waals surface area (Å²) in [5.41, 5.74) is 1.57. The third-order valence-corrected chi connectivity index (χ3v) is 5.82. The van der Waals surface area contributed by atoms with Gasteiger partial charge >= 0.3 is 0 Å². The van der Waals surface area contributed by atoms with Crippen molar-refractivity contribution in [3.63, 3.8) is 0 Å². The minimum atomic E-state index is -3.55. The summed E-state index contributed by atoms with van der Waals surface area (Å²) in [7, 11) is -1.99. The molecule has 2 rings (SSSR count). The fraction of sp³-hybridized carbons (Fsp3) is 0.429. The summed E-state index contributed by atoms with van der Waals surface area (Å²) in [6.45, 7) is 4.06. The Morgan fingerprint density at radius 3 is 2.62 bits per heavy atom. The molecule has 116 valence electrons. The maximum absolute atomic E-state index is 12.6. The summed E-state index contributed by atoms with van der Waals surface area (Å²) >= 11 is 1.54. The van der Waals surface area contributed by atoms with Gasteiger partial charge in [-0.1, -0.05) is 0 Å². The molecule has 1 N–H and O–H groups in total. The second kappa shape index (κ2) is 6.31. The number of aliphatic hydroxyl groups is 1. The normalized spacial score (nSPS) is 12.5. The predicted octanol–water partition coefficient (Wildman–Crippen LogP) is 2.44. The van der Waals surface area contributed by atoms with Crippen molar-refractivity contribution in [2.24, 2.45) is 0 Å². The van der Waals surface area contributed by atoms with Gasteiger partial charge in [0.25, 0.3) is 0 Å². The number of hydrogen-bond acceptors (Lipinski definition) is 4. The first-order valence-corrected chi connectivity index (χ1v) is 9.03. The van der Waals surface area contributed by atoms with Gasteiger partial charge < -0.3 is 9.67 Å². The Balaban J connectivity index is 2.30. The van der Waals surface area contributed by atoms with Crippen molar-refractivity contribution in [1.82, 2.24) is 8.87 Å².